The molecule has 1 saturated carbocycles. The largest absolute Gasteiger partial charge is 0.424 e. The van der Waals surface area contributed by atoms with Gasteiger partial charge in [0.25, 0.3) is 6.01 Å². The molecular formula is C13H16N2O. The van der Waals surface area contributed by atoms with E-state index in [-0.39, 0.29) is 0 Å². The van der Waals surface area contributed by atoms with Gasteiger partial charge in [-0.15, -0.1) is 0 Å². The fraction of sp³-hybridized carbons (Fsp3) is 0.462. The smallest absolute Gasteiger partial charge is 0.295 e. The summed E-state index contributed by atoms with van der Waals surface area (Å²) in [6.07, 6.45) is 3.96. The van der Waals surface area contributed by atoms with Crippen LogP contribution in [-0.4, -0.2) is 11.5 Å². The Balaban J connectivity index is 1.74. The number of nitrogens with one attached hydrogen (secondary N) is 1. The number of hydrogen-bond donors (Lipinski definition) is 1. The van der Waals surface area contributed by atoms with Crippen molar-refractivity contribution in [3.05, 3.63) is 24.3 Å². The van der Waals surface area contributed by atoms with Crippen LogP contribution in [0.2, 0.25) is 0 Å². The highest BCUT2D eigenvalue weighted by Gasteiger charge is 2.31. The molecule has 1 aromatic carbocycles. The number of para-hydroxylation sites is 2. The lowest BCUT2D eigenvalue weighted by Gasteiger charge is -2.38. The zero-order valence-electron chi connectivity index (χ0n) is 9.49. The molecule has 3 heteroatoms. The molecule has 0 radical (unpaired) electrons. The van der Waals surface area contributed by atoms with Gasteiger partial charge in [-0.2, -0.15) is 4.98 Å². The van der Waals surface area contributed by atoms with Crippen molar-refractivity contribution in [3.63, 3.8) is 0 Å². The normalized spacial score (nSPS) is 18.3. The highest BCUT2D eigenvalue weighted by Crippen LogP contribution is 2.40. The first-order valence-corrected chi connectivity index (χ1v) is 5.85. The maximum Gasteiger partial charge on any atom is 0.295 e. The van der Waals surface area contributed by atoms with Crippen LogP contribution < -0.4 is 5.32 Å². The Bertz CT molecular complexity index is 466. The van der Waals surface area contributed by atoms with E-state index in [0.717, 1.165) is 17.6 Å². The molecule has 1 fully saturated rings. The van der Waals surface area contributed by atoms with Gasteiger partial charge in [0.05, 0.1) is 0 Å². The first-order chi connectivity index (χ1) is 7.75. The average molecular weight is 216 g/mol. The third-order valence-corrected chi connectivity index (χ3v) is 3.52. The molecule has 0 unspecified atom stereocenters. The lowest BCUT2D eigenvalue weighted by Crippen LogP contribution is -2.33. The van der Waals surface area contributed by atoms with Crippen LogP contribution in [0.4, 0.5) is 6.01 Å². The van der Waals surface area contributed by atoms with Gasteiger partial charge in [-0.05, 0) is 30.4 Å². The highest BCUT2D eigenvalue weighted by atomic mass is 16.4. The van der Waals surface area contributed by atoms with Gasteiger partial charge in [-0.25, -0.2) is 0 Å². The highest BCUT2D eigenvalue weighted by molar-refractivity contribution is 5.74. The molecule has 1 aromatic heterocycles. The van der Waals surface area contributed by atoms with Gasteiger partial charge in [0.1, 0.15) is 5.52 Å². The van der Waals surface area contributed by atoms with E-state index >= 15 is 0 Å². The Morgan fingerprint density at radius 2 is 2.19 bits per heavy atom. The van der Waals surface area contributed by atoms with E-state index in [1.165, 1.54) is 19.3 Å². The summed E-state index contributed by atoms with van der Waals surface area (Å²) in [5.74, 6) is 0. The molecule has 0 amide bonds. The van der Waals surface area contributed by atoms with E-state index in [1.807, 2.05) is 24.3 Å². The van der Waals surface area contributed by atoms with E-state index in [0.29, 0.717) is 11.4 Å². The van der Waals surface area contributed by atoms with E-state index in [2.05, 4.69) is 17.2 Å². The van der Waals surface area contributed by atoms with Crippen LogP contribution in [0.15, 0.2) is 28.7 Å². The molecule has 0 bridgehead atoms. The standard InChI is InChI=1S/C13H16N2O/c1-13(7-4-8-13)9-14-12-15-10-5-2-3-6-11(10)16-12/h2-3,5-6H,4,7-9H2,1H3,(H,14,15). The minimum atomic E-state index is 0.445. The number of benzene rings is 1. The Morgan fingerprint density at radius 3 is 2.88 bits per heavy atom. The lowest BCUT2D eigenvalue weighted by molar-refractivity contribution is 0.179. The zero-order valence-corrected chi connectivity index (χ0v) is 9.49. The number of nitrogens with zero attached hydrogens (tertiary/aromatic N) is 1. The molecule has 1 heterocycles. The van der Waals surface area contributed by atoms with Crippen LogP contribution in [0.5, 0.6) is 0 Å². The predicted molar refractivity (Wildman–Crippen MR) is 64.5 cm³/mol. The molecule has 0 aliphatic heterocycles. The minimum Gasteiger partial charge on any atom is -0.424 e. The van der Waals surface area contributed by atoms with Crippen molar-refractivity contribution in [2.75, 3.05) is 11.9 Å². The Kier molecular flexibility index (Phi) is 2.13. The molecule has 0 saturated heterocycles. The SMILES string of the molecule is CC1(CNc2nc3ccccc3o2)CCC1. The molecule has 84 valence electrons. The van der Waals surface area contributed by atoms with Crippen molar-refractivity contribution in [1.82, 2.24) is 4.98 Å². The summed E-state index contributed by atoms with van der Waals surface area (Å²) in [7, 11) is 0. The molecule has 0 spiro atoms. The molecule has 3 nitrogen and oxygen atoms in total. The van der Waals surface area contributed by atoms with Crippen LogP contribution in [0.25, 0.3) is 11.1 Å². The molecule has 1 aliphatic carbocycles. The summed E-state index contributed by atoms with van der Waals surface area (Å²) in [5, 5.41) is 3.30. The number of hydrogen-bond acceptors (Lipinski definition) is 3. The molecule has 0 atom stereocenters. The Labute approximate surface area is 94.9 Å². The molecule has 1 aliphatic rings. The van der Waals surface area contributed by atoms with Crippen LogP contribution >= 0.6 is 0 Å². The summed E-state index contributed by atoms with van der Waals surface area (Å²) < 4.78 is 5.61. The first kappa shape index (κ1) is 9.70. The third kappa shape index (κ3) is 1.66. The fourth-order valence-electron chi connectivity index (χ4n) is 2.19. The van der Waals surface area contributed by atoms with Gasteiger partial charge in [-0.1, -0.05) is 25.5 Å². The maximum absolute atomic E-state index is 5.61. The number of fused-ring (bicyclic) bond motifs is 1. The van der Waals surface area contributed by atoms with E-state index in [4.69, 9.17) is 4.42 Å². The second-order valence-corrected chi connectivity index (χ2v) is 5.00. The van der Waals surface area contributed by atoms with E-state index in [1.54, 1.807) is 0 Å². The Morgan fingerprint density at radius 1 is 1.38 bits per heavy atom. The van der Waals surface area contributed by atoms with Crippen LogP contribution in [0, 0.1) is 5.41 Å². The summed E-state index contributed by atoms with van der Waals surface area (Å²) >= 11 is 0. The van der Waals surface area contributed by atoms with Crippen molar-refractivity contribution in [1.29, 1.82) is 0 Å². The van der Waals surface area contributed by atoms with Gasteiger partial charge >= 0.3 is 0 Å². The van der Waals surface area contributed by atoms with Crippen molar-refractivity contribution in [2.45, 2.75) is 26.2 Å². The van der Waals surface area contributed by atoms with E-state index < -0.39 is 0 Å². The molecule has 1 N–H and O–H groups in total. The summed E-state index contributed by atoms with van der Waals surface area (Å²) in [6.45, 7) is 3.27. The Hall–Kier alpha value is -1.51. The summed E-state index contributed by atoms with van der Waals surface area (Å²) in [4.78, 5) is 4.40. The van der Waals surface area contributed by atoms with Crippen molar-refractivity contribution in [3.8, 4) is 0 Å². The number of rotatable bonds is 3. The summed E-state index contributed by atoms with van der Waals surface area (Å²) in [6, 6.07) is 8.49. The zero-order chi connectivity index (χ0) is 11.0. The monoisotopic (exact) mass is 216 g/mol. The number of anilines is 1. The topological polar surface area (TPSA) is 38.1 Å². The fourth-order valence-corrected chi connectivity index (χ4v) is 2.19. The van der Waals surface area contributed by atoms with Crippen molar-refractivity contribution < 1.29 is 4.42 Å². The maximum atomic E-state index is 5.61. The van der Waals surface area contributed by atoms with Gasteiger partial charge in [0.15, 0.2) is 5.58 Å². The lowest BCUT2D eigenvalue weighted by atomic mass is 9.70. The third-order valence-electron chi connectivity index (χ3n) is 3.52. The molecule has 16 heavy (non-hydrogen) atoms. The minimum absolute atomic E-state index is 0.445. The number of aromatic nitrogens is 1. The van der Waals surface area contributed by atoms with E-state index in [9.17, 15) is 0 Å². The second kappa shape index (κ2) is 3.51. The van der Waals surface area contributed by atoms with Gasteiger partial charge in [0.2, 0.25) is 0 Å². The van der Waals surface area contributed by atoms with Gasteiger partial charge in [-0.3, -0.25) is 0 Å². The molecular weight excluding hydrogens is 200 g/mol. The van der Waals surface area contributed by atoms with Gasteiger partial charge in [0, 0.05) is 6.54 Å². The number of oxazole rings is 1. The van der Waals surface area contributed by atoms with Crippen LogP contribution in [0.1, 0.15) is 26.2 Å². The second-order valence-electron chi connectivity index (χ2n) is 5.00. The van der Waals surface area contributed by atoms with Crippen LogP contribution in [0.3, 0.4) is 0 Å². The van der Waals surface area contributed by atoms with Crippen molar-refractivity contribution in [2.24, 2.45) is 5.41 Å². The van der Waals surface area contributed by atoms with Gasteiger partial charge < -0.3 is 9.73 Å². The quantitative estimate of drug-likeness (QED) is 0.854. The first-order valence-electron chi connectivity index (χ1n) is 5.85. The summed E-state index contributed by atoms with van der Waals surface area (Å²) in [5.41, 5.74) is 2.22. The van der Waals surface area contributed by atoms with Crippen LogP contribution in [-0.2, 0) is 0 Å². The van der Waals surface area contributed by atoms with Crippen molar-refractivity contribution >= 4 is 17.1 Å². The predicted octanol–water partition coefficient (Wildman–Crippen LogP) is 3.43. The average Bonchev–Trinajstić information content (AvgIpc) is 2.66. The molecule has 2 aromatic rings. The molecule has 3 rings (SSSR count).